The molecule has 12 amide bonds. The number of aliphatic hydroxyl groups excluding tert-OH is 3. The molecule has 14 atom stereocenters. The lowest BCUT2D eigenvalue weighted by molar-refractivity contribution is -0.149. The molecule has 2 fully saturated rings. The van der Waals surface area contributed by atoms with E-state index in [1.165, 1.54) is 55.5 Å². The van der Waals surface area contributed by atoms with Gasteiger partial charge in [-0.2, -0.15) is 25.3 Å². The number of aliphatic hydroxyl groups is 3. The molecule has 0 bridgehead atoms. The summed E-state index contributed by atoms with van der Waals surface area (Å²) in [5.41, 5.74) is 13.1. The normalized spacial score (nSPS) is 18.5. The predicted molar refractivity (Wildman–Crippen MR) is 353 cm³/mol. The first-order valence-electron chi connectivity index (χ1n) is 31.3. The molecule has 3 aromatic carbocycles. The smallest absolute Gasteiger partial charge is 0.322 e. The Hall–Kier alpha value is -9.09. The zero-order valence-corrected chi connectivity index (χ0v) is 55.4. The van der Waals surface area contributed by atoms with Crippen molar-refractivity contribution in [3.63, 3.8) is 0 Å². The van der Waals surface area contributed by atoms with Gasteiger partial charge in [0.05, 0.1) is 24.9 Å². The number of aromatic hydroxyl groups is 2. The quantitative estimate of drug-likeness (QED) is 0.0243. The highest BCUT2D eigenvalue weighted by molar-refractivity contribution is 7.80. The van der Waals surface area contributed by atoms with Gasteiger partial charge in [-0.3, -0.25) is 62.3 Å². The van der Waals surface area contributed by atoms with E-state index in [2.05, 4.69) is 73.1 Å². The second-order valence-corrected chi connectivity index (χ2v) is 24.5. The van der Waals surface area contributed by atoms with Crippen LogP contribution >= 0.6 is 25.3 Å². The molecule has 2 aliphatic rings. The number of carboxylic acids is 1. The summed E-state index contributed by atoms with van der Waals surface area (Å²) in [4.78, 5) is 179. The van der Waals surface area contributed by atoms with Gasteiger partial charge in [0.15, 0.2) is 0 Å². The summed E-state index contributed by atoms with van der Waals surface area (Å²) in [7, 11) is 0. The number of carboxylic acid groups (broad SMARTS) is 1. The molecular weight excluding hydrogens is 1310 g/mol. The van der Waals surface area contributed by atoms with Crippen molar-refractivity contribution < 1.29 is 93.0 Å². The fraction of sp³-hybridized carbons (Fsp3) is 0.508. The number of nitrogens with zero attached hydrogens (tertiary/aromatic N) is 2. The first-order valence-corrected chi connectivity index (χ1v) is 32.6. The van der Waals surface area contributed by atoms with E-state index in [4.69, 9.17) is 16.6 Å². The van der Waals surface area contributed by atoms with Gasteiger partial charge < -0.3 is 99.8 Å². The molecule has 2 saturated heterocycles. The fourth-order valence-electron chi connectivity index (χ4n) is 10.7. The van der Waals surface area contributed by atoms with Gasteiger partial charge in [-0.15, -0.1) is 0 Å². The topological polar surface area (TPSA) is 510 Å². The summed E-state index contributed by atoms with van der Waals surface area (Å²) in [6.45, 7) is 2.07. The third-order valence-electron chi connectivity index (χ3n) is 16.4. The van der Waals surface area contributed by atoms with Gasteiger partial charge in [0.1, 0.15) is 78.5 Å². The Kier molecular flexibility index (Phi) is 30.8. The van der Waals surface area contributed by atoms with Gasteiger partial charge in [-0.1, -0.05) is 74.9 Å². The third-order valence-corrected chi connectivity index (χ3v) is 17.1. The molecule has 0 unspecified atom stereocenters. The number of nitrogens with one attached hydrogen (secondary N) is 9. The Labute approximate surface area is 569 Å². The molecule has 19 N–H and O–H groups in total. The maximum absolute atomic E-state index is 14.8. The predicted octanol–water partition coefficient (Wildman–Crippen LogP) is -4.97. The minimum atomic E-state index is -1.84. The lowest BCUT2D eigenvalue weighted by atomic mass is 9.96. The first-order chi connectivity index (χ1) is 46.0. The summed E-state index contributed by atoms with van der Waals surface area (Å²) < 4.78 is 0. The Morgan fingerprint density at radius 1 is 0.588 bits per heavy atom. The number of benzene rings is 3. The number of amides is 12. The number of rotatable bonds is 36. The standard InChI is InChI=1S/C63H87N13O19S2/c1-4-32(2)51(73-57(89)44(29-77)70-56(88)43(25-36-14-18-38(80)19-15-36)69-61(93)52(33(3)78)74-59(91)46(31-97)71-53(85)40(64)23-34-9-6-5-7-10-34)63(95)76-28-39(81)26-48(76)62(94)75-22-8-11-47(75)60(92)67-41(20-21-49(65)82)55(87)72-45(30-96)58(90)68-42(54(86)66-27-50(83)84)24-35-12-16-37(79)17-13-35/h5-7,9-10,12-19,32-33,39-48,51-52,77-81,96-97H,4,8,11,20-31,64H2,1-3H3,(H2,65,82)(H,66,86)(H,67,92)(H,68,90)(H,69,93)(H,70,88)(H,71,85)(H,72,87)(H,73,89)(H,74,91)(H,83,84)/t32-,33+,39+,40-,41-,42-,43-,44-,45-,46-,47-,48-,51-,52-/m0/s1. The molecule has 0 radical (unpaired) electrons. The second-order valence-electron chi connectivity index (χ2n) is 23.8. The number of aliphatic carboxylic acids is 1. The van der Waals surface area contributed by atoms with Gasteiger partial charge >= 0.3 is 5.97 Å². The summed E-state index contributed by atoms with van der Waals surface area (Å²) in [5, 5.41) is 83.3. The SMILES string of the molecule is CC[C@H](C)[C@H](NC(=O)[C@H](CO)NC(=O)[C@H](Cc1ccc(O)cc1)NC(=O)[C@@H](NC(=O)[C@H](CS)NC(=O)[C@@H](N)Cc1ccccc1)[C@@H](C)O)C(=O)N1C[C@H](O)C[C@H]1C(=O)N1CCC[C@H]1C(=O)N[C@@H](CCC(N)=O)C(=O)N[C@@H](CS)C(=O)N[C@@H](Cc1ccc(O)cc1)C(=O)NCC(=O)O. The monoisotopic (exact) mass is 1390 g/mol. The highest BCUT2D eigenvalue weighted by Gasteiger charge is 2.48. The Bertz CT molecular complexity index is 3260. The van der Waals surface area contributed by atoms with E-state index in [-0.39, 0.29) is 74.5 Å². The summed E-state index contributed by atoms with van der Waals surface area (Å²) in [6, 6.07) is 3.36. The van der Waals surface area contributed by atoms with Crippen LogP contribution in [0.15, 0.2) is 78.9 Å². The van der Waals surface area contributed by atoms with E-state index in [1.54, 1.807) is 44.2 Å². The van der Waals surface area contributed by atoms with Crippen molar-refractivity contribution in [1.29, 1.82) is 0 Å². The van der Waals surface area contributed by atoms with Crippen LogP contribution in [0.5, 0.6) is 11.5 Å². The van der Waals surface area contributed by atoms with Gasteiger partial charge in [-0.05, 0) is 79.5 Å². The molecule has 34 heteroatoms. The van der Waals surface area contributed by atoms with Crippen molar-refractivity contribution in [3.05, 3.63) is 95.6 Å². The number of carbonyl (C=O) groups is 13. The summed E-state index contributed by atoms with van der Waals surface area (Å²) in [6.07, 6.45) is -4.05. The van der Waals surface area contributed by atoms with E-state index in [9.17, 15) is 87.9 Å². The molecule has 0 aliphatic carbocycles. The zero-order valence-electron chi connectivity index (χ0n) is 53.6. The average Bonchev–Trinajstić information content (AvgIpc) is 1.67. The van der Waals surface area contributed by atoms with E-state index >= 15 is 0 Å². The molecule has 5 rings (SSSR count). The number of hydrogen-bond donors (Lipinski definition) is 19. The maximum Gasteiger partial charge on any atom is 0.322 e. The molecule has 32 nitrogen and oxygen atoms in total. The Morgan fingerprint density at radius 3 is 1.61 bits per heavy atom. The van der Waals surface area contributed by atoms with Crippen LogP contribution in [-0.4, -0.2) is 234 Å². The van der Waals surface area contributed by atoms with Crippen molar-refractivity contribution in [2.24, 2.45) is 17.4 Å². The van der Waals surface area contributed by atoms with Crippen LogP contribution in [-0.2, 0) is 81.6 Å². The van der Waals surface area contributed by atoms with E-state index in [1.807, 2.05) is 0 Å². The molecule has 2 aliphatic heterocycles. The molecule has 530 valence electrons. The van der Waals surface area contributed by atoms with Crippen LogP contribution in [0.1, 0.15) is 76.0 Å². The van der Waals surface area contributed by atoms with Crippen LogP contribution in [0, 0.1) is 5.92 Å². The van der Waals surface area contributed by atoms with E-state index in [0.29, 0.717) is 11.1 Å². The van der Waals surface area contributed by atoms with E-state index < -0.39 is 194 Å². The lowest BCUT2D eigenvalue weighted by Crippen LogP contribution is -2.63. The van der Waals surface area contributed by atoms with Crippen molar-refractivity contribution in [2.75, 3.05) is 37.7 Å². The maximum atomic E-state index is 14.8. The number of thiol groups is 2. The molecular formula is C63H87N13O19S2. The molecule has 97 heavy (non-hydrogen) atoms. The van der Waals surface area contributed by atoms with Gasteiger partial charge in [-0.25, -0.2) is 0 Å². The lowest BCUT2D eigenvalue weighted by Gasteiger charge is -2.34. The van der Waals surface area contributed by atoms with Gasteiger partial charge in [0, 0.05) is 50.3 Å². The number of phenols is 2. The van der Waals surface area contributed by atoms with Crippen LogP contribution in [0.4, 0.5) is 0 Å². The molecule has 0 spiro atoms. The largest absolute Gasteiger partial charge is 0.508 e. The van der Waals surface area contributed by atoms with Crippen molar-refractivity contribution in [2.45, 2.75) is 157 Å². The third kappa shape index (κ3) is 23.6. The number of nitrogens with two attached hydrogens (primary N) is 2. The molecule has 2 heterocycles. The molecule has 0 aromatic heterocycles. The van der Waals surface area contributed by atoms with Crippen molar-refractivity contribution >= 4 is 102 Å². The van der Waals surface area contributed by atoms with Crippen molar-refractivity contribution in [3.8, 4) is 11.5 Å². The van der Waals surface area contributed by atoms with E-state index in [0.717, 1.165) is 15.4 Å². The van der Waals surface area contributed by atoms with Gasteiger partial charge in [0.2, 0.25) is 70.9 Å². The number of phenolic OH excluding ortho intramolecular Hbond substituents is 2. The minimum Gasteiger partial charge on any atom is -0.508 e. The highest BCUT2D eigenvalue weighted by atomic mass is 32.1. The van der Waals surface area contributed by atoms with Crippen LogP contribution in [0.3, 0.4) is 0 Å². The zero-order chi connectivity index (χ0) is 71.8. The molecule has 0 saturated carbocycles. The first kappa shape index (κ1) is 78.6. The molecule has 3 aromatic rings. The highest BCUT2D eigenvalue weighted by Crippen LogP contribution is 2.28. The van der Waals surface area contributed by atoms with Crippen LogP contribution in [0.2, 0.25) is 0 Å². The minimum absolute atomic E-state index is 0.0276. The Morgan fingerprint density at radius 2 is 1.07 bits per heavy atom. The summed E-state index contributed by atoms with van der Waals surface area (Å²) in [5.74, 6) is -14.3. The fourth-order valence-corrected chi connectivity index (χ4v) is 11.2. The number of primary amides is 1. The summed E-state index contributed by atoms with van der Waals surface area (Å²) >= 11 is 8.39. The van der Waals surface area contributed by atoms with Gasteiger partial charge in [0.25, 0.3) is 0 Å². The number of likely N-dealkylation sites (tertiary alicyclic amines) is 2. The average molecular weight is 1390 g/mol. The number of β-amino-alcohol motifs (C(OH)–C–C–N with tert-alkyl or cyclic N) is 1. The number of hydrogen-bond acceptors (Lipinski definition) is 21. The van der Waals surface area contributed by atoms with Crippen LogP contribution in [0.25, 0.3) is 0 Å². The second kappa shape index (κ2) is 38.0. The Balaban J connectivity index is 1.29. The van der Waals surface area contributed by atoms with Crippen molar-refractivity contribution in [1.82, 2.24) is 57.7 Å². The van der Waals surface area contributed by atoms with Crippen LogP contribution < -0.4 is 59.3 Å². The number of carbonyl (C=O) groups excluding carboxylic acids is 12.